The van der Waals surface area contributed by atoms with E-state index >= 15 is 0 Å². The standard InChI is InChI=1S/C15H14ClFN2O2/c1-2-21-14-6-3-9(7-13(14)18)15(20)19-10-4-5-12(17)11(16)8-10/h3-8H,2,18H2,1H3,(H,19,20). The van der Waals surface area contributed by atoms with Gasteiger partial charge in [0.05, 0.1) is 17.3 Å². The summed E-state index contributed by atoms with van der Waals surface area (Å²) in [7, 11) is 0. The van der Waals surface area contributed by atoms with Crippen molar-refractivity contribution in [2.45, 2.75) is 6.92 Å². The van der Waals surface area contributed by atoms with Crippen molar-refractivity contribution in [2.75, 3.05) is 17.7 Å². The van der Waals surface area contributed by atoms with Crippen molar-refractivity contribution in [3.8, 4) is 5.75 Å². The molecule has 0 radical (unpaired) electrons. The van der Waals surface area contributed by atoms with Gasteiger partial charge < -0.3 is 15.8 Å². The van der Waals surface area contributed by atoms with Crippen LogP contribution < -0.4 is 15.8 Å². The van der Waals surface area contributed by atoms with E-state index in [4.69, 9.17) is 22.1 Å². The quantitative estimate of drug-likeness (QED) is 0.846. The van der Waals surface area contributed by atoms with E-state index in [9.17, 15) is 9.18 Å². The first-order valence-electron chi connectivity index (χ1n) is 6.30. The number of nitrogen functional groups attached to an aromatic ring is 1. The van der Waals surface area contributed by atoms with Crippen LogP contribution in [0.5, 0.6) is 5.75 Å². The molecule has 0 spiro atoms. The molecular weight excluding hydrogens is 295 g/mol. The molecule has 2 aromatic carbocycles. The van der Waals surface area contributed by atoms with Crippen LogP contribution in [0.25, 0.3) is 0 Å². The fourth-order valence-corrected chi connectivity index (χ4v) is 1.93. The van der Waals surface area contributed by atoms with Gasteiger partial charge in [-0.15, -0.1) is 0 Å². The number of rotatable bonds is 4. The van der Waals surface area contributed by atoms with Crippen molar-refractivity contribution in [3.63, 3.8) is 0 Å². The van der Waals surface area contributed by atoms with Crippen LogP contribution >= 0.6 is 11.6 Å². The van der Waals surface area contributed by atoms with Crippen molar-refractivity contribution in [3.05, 3.63) is 52.8 Å². The highest BCUT2D eigenvalue weighted by Gasteiger charge is 2.10. The van der Waals surface area contributed by atoms with E-state index < -0.39 is 5.82 Å². The first kappa shape index (κ1) is 15.1. The zero-order chi connectivity index (χ0) is 15.4. The molecule has 0 heterocycles. The maximum absolute atomic E-state index is 13.1. The highest BCUT2D eigenvalue weighted by Crippen LogP contribution is 2.24. The van der Waals surface area contributed by atoms with E-state index in [1.54, 1.807) is 12.1 Å². The number of anilines is 2. The minimum Gasteiger partial charge on any atom is -0.492 e. The molecule has 0 aromatic heterocycles. The Morgan fingerprint density at radius 3 is 2.71 bits per heavy atom. The van der Waals surface area contributed by atoms with Gasteiger partial charge in [0.15, 0.2) is 0 Å². The van der Waals surface area contributed by atoms with E-state index in [0.717, 1.165) is 0 Å². The van der Waals surface area contributed by atoms with Crippen LogP contribution in [0, 0.1) is 5.82 Å². The topological polar surface area (TPSA) is 64.3 Å². The van der Waals surface area contributed by atoms with Crippen LogP contribution in [0.15, 0.2) is 36.4 Å². The lowest BCUT2D eigenvalue weighted by atomic mass is 10.1. The third-order valence-electron chi connectivity index (χ3n) is 2.75. The van der Waals surface area contributed by atoms with Crippen molar-refractivity contribution in [1.82, 2.24) is 0 Å². The average molecular weight is 309 g/mol. The van der Waals surface area contributed by atoms with Gasteiger partial charge >= 0.3 is 0 Å². The second kappa shape index (κ2) is 6.45. The summed E-state index contributed by atoms with van der Waals surface area (Å²) in [6, 6.07) is 8.70. The Bertz CT molecular complexity index is 677. The summed E-state index contributed by atoms with van der Waals surface area (Å²) in [5, 5.41) is 2.56. The minimum atomic E-state index is -0.542. The fraction of sp³-hybridized carbons (Fsp3) is 0.133. The molecule has 1 amide bonds. The van der Waals surface area contributed by atoms with Gasteiger partial charge in [0.1, 0.15) is 11.6 Å². The molecule has 0 saturated heterocycles. The number of nitrogens with one attached hydrogen (secondary N) is 1. The Morgan fingerprint density at radius 2 is 2.10 bits per heavy atom. The van der Waals surface area contributed by atoms with Crippen molar-refractivity contribution >= 4 is 28.9 Å². The van der Waals surface area contributed by atoms with Crippen molar-refractivity contribution in [1.29, 1.82) is 0 Å². The average Bonchev–Trinajstić information content (AvgIpc) is 2.45. The normalized spacial score (nSPS) is 10.2. The molecule has 0 atom stereocenters. The van der Waals surface area contributed by atoms with Gasteiger partial charge in [-0.2, -0.15) is 0 Å². The van der Waals surface area contributed by atoms with E-state index in [1.807, 2.05) is 6.92 Å². The Labute approximate surface area is 126 Å². The number of benzene rings is 2. The molecule has 0 unspecified atom stereocenters. The fourth-order valence-electron chi connectivity index (χ4n) is 1.75. The van der Waals surface area contributed by atoms with Crippen molar-refractivity contribution in [2.24, 2.45) is 0 Å². The third-order valence-corrected chi connectivity index (χ3v) is 3.04. The molecule has 4 nitrogen and oxygen atoms in total. The Balaban J connectivity index is 2.16. The second-order valence-corrected chi connectivity index (χ2v) is 4.68. The molecule has 0 saturated carbocycles. The van der Waals surface area contributed by atoms with E-state index in [-0.39, 0.29) is 10.9 Å². The summed E-state index contributed by atoms with van der Waals surface area (Å²) in [5.41, 5.74) is 6.96. The number of amides is 1. The lowest BCUT2D eigenvalue weighted by Gasteiger charge is -2.09. The molecule has 3 N–H and O–H groups in total. The smallest absolute Gasteiger partial charge is 0.255 e. The predicted octanol–water partition coefficient (Wildman–Crippen LogP) is 3.71. The number of hydrogen-bond donors (Lipinski definition) is 2. The molecule has 0 aliphatic carbocycles. The number of ether oxygens (including phenoxy) is 1. The summed E-state index contributed by atoms with van der Waals surface area (Å²) in [6.07, 6.45) is 0. The SMILES string of the molecule is CCOc1ccc(C(=O)Nc2ccc(F)c(Cl)c2)cc1N. The van der Waals surface area contributed by atoms with Crippen LogP contribution in [-0.4, -0.2) is 12.5 Å². The van der Waals surface area contributed by atoms with Crippen molar-refractivity contribution < 1.29 is 13.9 Å². The minimum absolute atomic E-state index is 0.0565. The monoisotopic (exact) mass is 308 g/mol. The first-order valence-corrected chi connectivity index (χ1v) is 6.67. The second-order valence-electron chi connectivity index (χ2n) is 4.27. The summed E-state index contributed by atoms with van der Waals surface area (Å²) in [4.78, 5) is 12.1. The lowest BCUT2D eigenvalue weighted by molar-refractivity contribution is 0.102. The third kappa shape index (κ3) is 3.64. The largest absolute Gasteiger partial charge is 0.492 e. The summed E-state index contributed by atoms with van der Waals surface area (Å²) >= 11 is 5.66. The maximum atomic E-state index is 13.1. The van der Waals surface area contributed by atoms with Gasteiger partial charge in [-0.05, 0) is 43.3 Å². The molecule has 0 bridgehead atoms. The molecule has 2 aromatic rings. The number of nitrogens with two attached hydrogens (primary N) is 1. The molecule has 0 fully saturated rings. The molecule has 21 heavy (non-hydrogen) atoms. The number of carbonyl (C=O) groups is 1. The zero-order valence-corrected chi connectivity index (χ0v) is 12.1. The molecule has 0 aliphatic rings. The van der Waals surface area contributed by atoms with Crippen LogP contribution in [0.3, 0.4) is 0 Å². The van der Waals surface area contributed by atoms with Gasteiger partial charge in [0.25, 0.3) is 5.91 Å². The maximum Gasteiger partial charge on any atom is 0.255 e. The molecule has 0 aliphatic heterocycles. The van der Waals surface area contributed by atoms with E-state index in [2.05, 4.69) is 5.32 Å². The predicted molar refractivity (Wildman–Crippen MR) is 81.4 cm³/mol. The van der Waals surface area contributed by atoms with Gasteiger partial charge in [0.2, 0.25) is 0 Å². The van der Waals surface area contributed by atoms with Gasteiger partial charge in [-0.1, -0.05) is 11.6 Å². The number of hydrogen-bond acceptors (Lipinski definition) is 3. The highest BCUT2D eigenvalue weighted by atomic mass is 35.5. The first-order chi connectivity index (χ1) is 10.0. The highest BCUT2D eigenvalue weighted by molar-refractivity contribution is 6.31. The Hall–Kier alpha value is -2.27. The Kier molecular flexibility index (Phi) is 4.65. The lowest BCUT2D eigenvalue weighted by Crippen LogP contribution is -2.12. The summed E-state index contributed by atoms with van der Waals surface area (Å²) < 4.78 is 18.4. The molecule has 6 heteroatoms. The van der Waals surface area contributed by atoms with Gasteiger partial charge in [0, 0.05) is 11.3 Å². The summed E-state index contributed by atoms with van der Waals surface area (Å²) in [6.45, 7) is 2.34. The zero-order valence-electron chi connectivity index (χ0n) is 11.3. The van der Waals surface area contributed by atoms with Crippen LogP contribution in [0.4, 0.5) is 15.8 Å². The van der Waals surface area contributed by atoms with Gasteiger partial charge in [-0.3, -0.25) is 4.79 Å². The molecule has 110 valence electrons. The number of carbonyl (C=O) groups excluding carboxylic acids is 1. The van der Waals surface area contributed by atoms with E-state index in [0.29, 0.717) is 29.3 Å². The van der Waals surface area contributed by atoms with E-state index in [1.165, 1.54) is 24.3 Å². The van der Waals surface area contributed by atoms with Crippen LogP contribution in [-0.2, 0) is 0 Å². The Morgan fingerprint density at radius 1 is 1.33 bits per heavy atom. The van der Waals surface area contributed by atoms with Crippen LogP contribution in [0.1, 0.15) is 17.3 Å². The van der Waals surface area contributed by atoms with Crippen LogP contribution in [0.2, 0.25) is 5.02 Å². The molecule has 2 rings (SSSR count). The van der Waals surface area contributed by atoms with Gasteiger partial charge in [-0.25, -0.2) is 4.39 Å². The number of halogens is 2. The molecular formula is C15H14ClFN2O2. The summed E-state index contributed by atoms with van der Waals surface area (Å²) in [5.74, 6) is -0.383.